The van der Waals surface area contributed by atoms with Gasteiger partial charge in [-0.15, -0.1) is 0 Å². The lowest BCUT2D eigenvalue weighted by Gasteiger charge is -2.11. The fourth-order valence-corrected chi connectivity index (χ4v) is 0.439. The van der Waals surface area contributed by atoms with Gasteiger partial charge in [-0.2, -0.15) is 0 Å². The van der Waals surface area contributed by atoms with Gasteiger partial charge < -0.3 is 31.3 Å². The van der Waals surface area contributed by atoms with E-state index < -0.39 is 24.0 Å². The van der Waals surface area contributed by atoms with Crippen molar-refractivity contribution in [1.29, 1.82) is 0 Å². The van der Waals surface area contributed by atoms with E-state index in [1.807, 2.05) is 0 Å². The van der Waals surface area contributed by atoms with Crippen LogP contribution in [0.5, 0.6) is 0 Å². The minimum Gasteiger partial charge on any atom is -0.544 e. The van der Waals surface area contributed by atoms with Crippen LogP contribution in [0.4, 0.5) is 0 Å². The normalized spacial score (nSPS) is 13.7. The van der Waals surface area contributed by atoms with Crippen molar-refractivity contribution in [3.05, 3.63) is 0 Å². The highest BCUT2D eigenvalue weighted by atomic mass is 16.4. The third-order valence-electron chi connectivity index (χ3n) is 1.93. The minimum absolute atomic E-state index is 0.0694. The van der Waals surface area contributed by atoms with Crippen LogP contribution < -0.4 is 21.7 Å². The first-order valence-electron chi connectivity index (χ1n) is 4.81. The van der Waals surface area contributed by atoms with Crippen LogP contribution in [0.1, 0.15) is 27.2 Å². The summed E-state index contributed by atoms with van der Waals surface area (Å²) in [4.78, 5) is 19.7. The molecule has 0 aliphatic carbocycles. The predicted octanol–water partition coefficient (Wildman–Crippen LogP) is -4.24. The molecule has 0 heterocycles. The van der Waals surface area contributed by atoms with Crippen molar-refractivity contribution in [2.45, 2.75) is 39.3 Å². The summed E-state index contributed by atoms with van der Waals surface area (Å²) in [7, 11) is 0. The Balaban J connectivity index is 0. The zero-order valence-electron chi connectivity index (χ0n) is 9.49. The maximum atomic E-state index is 9.97. The molecule has 0 amide bonds. The molecule has 0 aliphatic heterocycles. The van der Waals surface area contributed by atoms with Crippen molar-refractivity contribution >= 4 is 11.9 Å². The highest BCUT2D eigenvalue weighted by Crippen LogP contribution is 1.92. The van der Waals surface area contributed by atoms with Crippen LogP contribution in [0.2, 0.25) is 0 Å². The number of carboxylic acids is 2. The van der Waals surface area contributed by atoms with E-state index in [0.717, 1.165) is 0 Å². The Morgan fingerprint density at radius 1 is 1.13 bits per heavy atom. The van der Waals surface area contributed by atoms with Crippen molar-refractivity contribution in [3.8, 4) is 0 Å². The Morgan fingerprint density at radius 2 is 1.53 bits per heavy atom. The third kappa shape index (κ3) is 9.17. The molecule has 0 bridgehead atoms. The van der Waals surface area contributed by atoms with Gasteiger partial charge in [0.2, 0.25) is 0 Å². The van der Waals surface area contributed by atoms with Gasteiger partial charge in [0.1, 0.15) is 12.1 Å². The molecule has 0 radical (unpaired) electrons. The molecule has 0 aromatic carbocycles. The van der Waals surface area contributed by atoms with Crippen molar-refractivity contribution in [1.82, 2.24) is 0 Å². The molecule has 0 aliphatic rings. The lowest BCUT2D eigenvalue weighted by molar-refractivity contribution is -0.446. The highest BCUT2D eigenvalue weighted by molar-refractivity contribution is 5.69. The number of rotatable bonds is 4. The maximum Gasteiger partial charge on any atom is 0.127 e. The Bertz CT molecular complexity index is 206. The summed E-state index contributed by atoms with van der Waals surface area (Å²) in [5.41, 5.74) is 6.67. The van der Waals surface area contributed by atoms with Crippen LogP contribution in [0, 0.1) is 5.92 Å². The number of carboxylic acid groups (broad SMARTS) is 2. The Hall–Kier alpha value is -1.14. The molecule has 0 aromatic rings. The summed E-state index contributed by atoms with van der Waals surface area (Å²) in [6, 6.07) is -1.12. The molecule has 90 valence electrons. The SMILES string of the molecule is CC(C)[C@H]([NH3+])C(=O)[O-].CC[C@@H]([NH3+])C(=O)[O-]. The number of carbonyl (C=O) groups excluding carboxylic acids is 2. The average molecular weight is 220 g/mol. The fraction of sp³-hybridized carbons (Fsp3) is 0.778. The summed E-state index contributed by atoms with van der Waals surface area (Å²) in [6.07, 6.45) is 0.544. The molecular weight excluding hydrogens is 200 g/mol. The smallest absolute Gasteiger partial charge is 0.127 e. The standard InChI is InChI=1S/C5H11NO2.C4H9NO2/c1-3(2)4(6)5(7)8;1-2-3(5)4(6)7/h3-4H,6H2,1-2H3,(H,7,8);3H,2,5H2,1H3,(H,6,7)/t4-;3-/m01/s1. The van der Waals surface area contributed by atoms with Crippen molar-refractivity contribution in [2.24, 2.45) is 5.92 Å². The van der Waals surface area contributed by atoms with E-state index in [0.29, 0.717) is 6.42 Å². The monoisotopic (exact) mass is 220 g/mol. The van der Waals surface area contributed by atoms with E-state index in [-0.39, 0.29) is 5.92 Å². The van der Waals surface area contributed by atoms with Crippen LogP contribution in [-0.2, 0) is 9.59 Å². The minimum atomic E-state index is -1.07. The first kappa shape index (κ1) is 16.3. The van der Waals surface area contributed by atoms with Gasteiger partial charge in [-0.05, 0) is 0 Å². The zero-order chi connectivity index (χ0) is 12.6. The fourth-order valence-electron chi connectivity index (χ4n) is 0.439. The van der Waals surface area contributed by atoms with E-state index in [9.17, 15) is 19.8 Å². The largest absolute Gasteiger partial charge is 0.544 e. The molecule has 0 spiro atoms. The average Bonchev–Trinajstić information content (AvgIpc) is 2.15. The quantitative estimate of drug-likeness (QED) is 0.496. The van der Waals surface area contributed by atoms with Gasteiger partial charge in [0, 0.05) is 12.3 Å². The van der Waals surface area contributed by atoms with E-state index in [2.05, 4.69) is 11.5 Å². The molecular formula is C9H20N2O4. The van der Waals surface area contributed by atoms with Crippen molar-refractivity contribution in [3.63, 3.8) is 0 Å². The van der Waals surface area contributed by atoms with Gasteiger partial charge in [-0.1, -0.05) is 20.8 Å². The second-order valence-corrected chi connectivity index (χ2v) is 3.59. The Morgan fingerprint density at radius 3 is 1.53 bits per heavy atom. The van der Waals surface area contributed by atoms with E-state index in [4.69, 9.17) is 0 Å². The molecule has 2 atom stereocenters. The van der Waals surface area contributed by atoms with Crippen LogP contribution in [0.25, 0.3) is 0 Å². The topological polar surface area (TPSA) is 136 Å². The number of carbonyl (C=O) groups is 2. The summed E-state index contributed by atoms with van der Waals surface area (Å²) in [5, 5.41) is 19.7. The summed E-state index contributed by atoms with van der Waals surface area (Å²) < 4.78 is 0. The van der Waals surface area contributed by atoms with E-state index in [1.54, 1.807) is 20.8 Å². The van der Waals surface area contributed by atoms with Crippen LogP contribution in [0.3, 0.4) is 0 Å². The lowest BCUT2D eigenvalue weighted by atomic mass is 10.1. The van der Waals surface area contributed by atoms with Crippen molar-refractivity contribution < 1.29 is 31.3 Å². The Kier molecular flexibility index (Phi) is 8.90. The van der Waals surface area contributed by atoms with Gasteiger partial charge in [-0.3, -0.25) is 0 Å². The summed E-state index contributed by atoms with van der Waals surface area (Å²) in [5.74, 6) is -2.07. The molecule has 0 rings (SSSR count). The second kappa shape index (κ2) is 8.19. The molecule has 6 nitrogen and oxygen atoms in total. The number of quaternary nitrogens is 2. The van der Waals surface area contributed by atoms with E-state index >= 15 is 0 Å². The van der Waals surface area contributed by atoms with Gasteiger partial charge in [0.25, 0.3) is 0 Å². The maximum absolute atomic E-state index is 9.97. The molecule has 0 saturated heterocycles. The highest BCUT2D eigenvalue weighted by Gasteiger charge is 2.10. The Labute approximate surface area is 89.3 Å². The summed E-state index contributed by atoms with van der Waals surface area (Å²) >= 11 is 0. The van der Waals surface area contributed by atoms with Gasteiger partial charge in [-0.25, -0.2) is 0 Å². The molecule has 0 fully saturated rings. The van der Waals surface area contributed by atoms with Gasteiger partial charge >= 0.3 is 0 Å². The molecule has 6 heteroatoms. The summed E-state index contributed by atoms with van der Waals surface area (Å²) in [6.45, 7) is 5.36. The number of aliphatic carboxylic acids is 2. The van der Waals surface area contributed by atoms with Crippen LogP contribution in [0.15, 0.2) is 0 Å². The molecule has 0 aromatic heterocycles. The second-order valence-electron chi connectivity index (χ2n) is 3.59. The molecule has 6 N–H and O–H groups in total. The first-order chi connectivity index (χ1) is 6.73. The van der Waals surface area contributed by atoms with Crippen LogP contribution in [-0.4, -0.2) is 24.0 Å². The molecule has 15 heavy (non-hydrogen) atoms. The van der Waals surface area contributed by atoms with Crippen LogP contribution >= 0.6 is 0 Å². The van der Waals surface area contributed by atoms with E-state index in [1.165, 1.54) is 0 Å². The lowest BCUT2D eigenvalue weighted by Crippen LogP contribution is -2.70. The first-order valence-corrected chi connectivity index (χ1v) is 4.81. The van der Waals surface area contributed by atoms with Gasteiger partial charge in [0.05, 0.1) is 11.9 Å². The van der Waals surface area contributed by atoms with Crippen molar-refractivity contribution in [2.75, 3.05) is 0 Å². The third-order valence-corrected chi connectivity index (χ3v) is 1.93. The number of hydrogen-bond acceptors (Lipinski definition) is 4. The zero-order valence-corrected chi connectivity index (χ0v) is 9.49. The molecule has 0 saturated carbocycles. The van der Waals surface area contributed by atoms with Gasteiger partial charge in [0.15, 0.2) is 0 Å². The number of hydrogen-bond donors (Lipinski definition) is 2. The predicted molar refractivity (Wildman–Crippen MR) is 48.5 cm³/mol. The molecule has 0 unspecified atom stereocenters.